The molecule has 0 amide bonds. The monoisotopic (exact) mass is 305 g/mol. The van der Waals surface area contributed by atoms with Gasteiger partial charge in [0.1, 0.15) is 6.61 Å². The van der Waals surface area contributed by atoms with Crippen LogP contribution in [-0.4, -0.2) is 20.7 Å². The SMILES string of the molecule is O=C(C=Cc1ccncc1)OCc1ccc(-n2cccn2)cc1. The lowest BCUT2D eigenvalue weighted by Crippen LogP contribution is -2.01. The Morgan fingerprint density at radius 3 is 2.57 bits per heavy atom. The Bertz CT molecular complexity index is 779. The number of nitrogens with zero attached hydrogens (tertiary/aromatic N) is 3. The maximum atomic E-state index is 11.7. The van der Waals surface area contributed by atoms with E-state index in [1.54, 1.807) is 29.3 Å². The van der Waals surface area contributed by atoms with E-state index in [0.29, 0.717) is 0 Å². The number of carbonyl (C=O) groups excluding carboxylic acids is 1. The highest BCUT2D eigenvalue weighted by Crippen LogP contribution is 2.10. The highest BCUT2D eigenvalue weighted by Gasteiger charge is 2.00. The van der Waals surface area contributed by atoms with Gasteiger partial charge < -0.3 is 4.74 Å². The van der Waals surface area contributed by atoms with Gasteiger partial charge in [-0.25, -0.2) is 9.48 Å². The summed E-state index contributed by atoms with van der Waals surface area (Å²) < 4.78 is 6.99. The van der Waals surface area contributed by atoms with Crippen LogP contribution in [-0.2, 0) is 16.1 Å². The van der Waals surface area contributed by atoms with E-state index >= 15 is 0 Å². The Balaban J connectivity index is 1.54. The lowest BCUT2D eigenvalue weighted by molar-refractivity contribution is -0.138. The number of hydrogen-bond acceptors (Lipinski definition) is 4. The van der Waals surface area contributed by atoms with E-state index in [9.17, 15) is 4.79 Å². The summed E-state index contributed by atoms with van der Waals surface area (Å²) in [7, 11) is 0. The van der Waals surface area contributed by atoms with Crippen LogP contribution in [0.1, 0.15) is 11.1 Å². The minimum absolute atomic E-state index is 0.235. The number of benzene rings is 1. The Hall–Kier alpha value is -3.21. The second kappa shape index (κ2) is 7.17. The second-order valence-electron chi connectivity index (χ2n) is 4.84. The smallest absolute Gasteiger partial charge is 0.331 e. The van der Waals surface area contributed by atoms with Crippen molar-refractivity contribution in [2.45, 2.75) is 6.61 Å². The molecule has 0 radical (unpaired) electrons. The van der Waals surface area contributed by atoms with E-state index in [2.05, 4.69) is 10.1 Å². The largest absolute Gasteiger partial charge is 0.458 e. The van der Waals surface area contributed by atoms with Gasteiger partial charge in [0.15, 0.2) is 0 Å². The molecule has 5 nitrogen and oxygen atoms in total. The maximum Gasteiger partial charge on any atom is 0.331 e. The van der Waals surface area contributed by atoms with Gasteiger partial charge in [0.2, 0.25) is 0 Å². The minimum atomic E-state index is -0.377. The van der Waals surface area contributed by atoms with Crippen molar-refractivity contribution in [3.05, 3.63) is 84.5 Å². The molecule has 5 heteroatoms. The van der Waals surface area contributed by atoms with Gasteiger partial charge in [0, 0.05) is 30.9 Å². The number of pyridine rings is 1. The van der Waals surface area contributed by atoms with Gasteiger partial charge in [-0.3, -0.25) is 4.98 Å². The number of esters is 1. The summed E-state index contributed by atoms with van der Waals surface area (Å²) in [5.74, 6) is -0.377. The fourth-order valence-corrected chi connectivity index (χ4v) is 2.01. The minimum Gasteiger partial charge on any atom is -0.458 e. The van der Waals surface area contributed by atoms with Gasteiger partial charge in [0.05, 0.1) is 5.69 Å². The highest BCUT2D eigenvalue weighted by atomic mass is 16.5. The van der Waals surface area contributed by atoms with Crippen LogP contribution in [0, 0.1) is 0 Å². The normalized spacial score (nSPS) is 10.8. The van der Waals surface area contributed by atoms with Crippen LogP contribution in [0.4, 0.5) is 0 Å². The Labute approximate surface area is 133 Å². The first-order chi connectivity index (χ1) is 11.3. The predicted octanol–water partition coefficient (Wildman–Crippen LogP) is 3.02. The Morgan fingerprint density at radius 2 is 1.87 bits per heavy atom. The molecule has 0 saturated heterocycles. The standard InChI is InChI=1S/C18H15N3O2/c22-18(7-4-15-8-11-19-12-9-15)23-14-16-2-5-17(6-3-16)21-13-1-10-20-21/h1-13H,14H2. The molecule has 3 aromatic rings. The van der Waals surface area contributed by atoms with E-state index in [1.165, 1.54) is 6.08 Å². The van der Waals surface area contributed by atoms with Crippen molar-refractivity contribution >= 4 is 12.0 Å². The third-order valence-corrected chi connectivity index (χ3v) is 3.20. The average Bonchev–Trinajstić information content (AvgIpc) is 3.14. The number of ether oxygens (including phenoxy) is 1. The summed E-state index contributed by atoms with van der Waals surface area (Å²) >= 11 is 0. The van der Waals surface area contributed by atoms with Gasteiger partial charge >= 0.3 is 5.97 Å². The van der Waals surface area contributed by atoms with Crippen molar-refractivity contribution in [2.75, 3.05) is 0 Å². The molecule has 0 bridgehead atoms. The van der Waals surface area contributed by atoms with Crippen LogP contribution < -0.4 is 0 Å². The number of hydrogen-bond donors (Lipinski definition) is 0. The molecule has 23 heavy (non-hydrogen) atoms. The Kier molecular flexibility index (Phi) is 4.59. The molecule has 0 aliphatic carbocycles. The van der Waals surface area contributed by atoms with E-state index in [4.69, 9.17) is 4.74 Å². The lowest BCUT2D eigenvalue weighted by Gasteiger charge is -2.05. The maximum absolute atomic E-state index is 11.7. The third kappa shape index (κ3) is 4.14. The van der Waals surface area contributed by atoms with Crippen molar-refractivity contribution in [3.8, 4) is 5.69 Å². The van der Waals surface area contributed by atoms with Gasteiger partial charge in [-0.15, -0.1) is 0 Å². The zero-order valence-electron chi connectivity index (χ0n) is 12.4. The van der Waals surface area contributed by atoms with Crippen molar-refractivity contribution in [1.82, 2.24) is 14.8 Å². The Morgan fingerprint density at radius 1 is 1.09 bits per heavy atom. The molecule has 0 saturated carbocycles. The fraction of sp³-hybridized carbons (Fsp3) is 0.0556. The molecule has 0 spiro atoms. The molecule has 2 heterocycles. The third-order valence-electron chi connectivity index (χ3n) is 3.20. The number of carbonyl (C=O) groups is 1. The van der Waals surface area contributed by atoms with Gasteiger partial charge in [-0.05, 0) is 47.5 Å². The van der Waals surface area contributed by atoms with Crippen LogP contribution >= 0.6 is 0 Å². The van der Waals surface area contributed by atoms with Crippen LogP contribution in [0.2, 0.25) is 0 Å². The van der Waals surface area contributed by atoms with Crippen molar-refractivity contribution in [1.29, 1.82) is 0 Å². The number of rotatable bonds is 5. The first kappa shape index (κ1) is 14.7. The van der Waals surface area contributed by atoms with Crippen LogP contribution in [0.5, 0.6) is 0 Å². The molecule has 114 valence electrons. The summed E-state index contributed by atoms with van der Waals surface area (Å²) in [5.41, 5.74) is 2.79. The molecular formula is C18H15N3O2. The summed E-state index contributed by atoms with van der Waals surface area (Å²) in [6.45, 7) is 0.235. The van der Waals surface area contributed by atoms with Gasteiger partial charge in [-0.2, -0.15) is 5.10 Å². The van der Waals surface area contributed by atoms with Gasteiger partial charge in [-0.1, -0.05) is 12.1 Å². The zero-order valence-corrected chi connectivity index (χ0v) is 12.4. The molecule has 3 rings (SSSR count). The van der Waals surface area contributed by atoms with Crippen LogP contribution in [0.25, 0.3) is 11.8 Å². The summed E-state index contributed by atoms with van der Waals surface area (Å²) in [6.07, 6.45) is 10.1. The lowest BCUT2D eigenvalue weighted by atomic mass is 10.2. The molecule has 0 N–H and O–H groups in total. The van der Waals surface area contributed by atoms with Crippen LogP contribution in [0.15, 0.2) is 73.3 Å². The van der Waals surface area contributed by atoms with E-state index in [-0.39, 0.29) is 12.6 Å². The topological polar surface area (TPSA) is 57.0 Å². The predicted molar refractivity (Wildman–Crippen MR) is 86.6 cm³/mol. The zero-order chi connectivity index (χ0) is 15.9. The summed E-state index contributed by atoms with van der Waals surface area (Å²) in [5, 5.41) is 4.16. The molecule has 0 aliphatic rings. The molecule has 0 atom stereocenters. The highest BCUT2D eigenvalue weighted by molar-refractivity contribution is 5.86. The van der Waals surface area contributed by atoms with Gasteiger partial charge in [0.25, 0.3) is 0 Å². The van der Waals surface area contributed by atoms with Crippen molar-refractivity contribution < 1.29 is 9.53 Å². The molecule has 2 aromatic heterocycles. The quantitative estimate of drug-likeness (QED) is 0.537. The number of aromatic nitrogens is 3. The first-order valence-electron chi connectivity index (χ1n) is 7.15. The molecule has 1 aromatic carbocycles. The molecule has 0 unspecified atom stereocenters. The van der Waals surface area contributed by atoms with E-state index in [0.717, 1.165) is 16.8 Å². The molecule has 0 fully saturated rings. The summed E-state index contributed by atoms with van der Waals surface area (Å²) in [4.78, 5) is 15.6. The fourth-order valence-electron chi connectivity index (χ4n) is 2.01. The molecule has 0 aliphatic heterocycles. The van der Waals surface area contributed by atoms with Crippen LogP contribution in [0.3, 0.4) is 0 Å². The summed E-state index contributed by atoms with van der Waals surface area (Å²) in [6, 6.07) is 13.2. The molecular weight excluding hydrogens is 290 g/mol. The van der Waals surface area contributed by atoms with Crippen molar-refractivity contribution in [3.63, 3.8) is 0 Å². The average molecular weight is 305 g/mol. The second-order valence-corrected chi connectivity index (χ2v) is 4.84. The first-order valence-corrected chi connectivity index (χ1v) is 7.15. The van der Waals surface area contributed by atoms with E-state index < -0.39 is 0 Å². The van der Waals surface area contributed by atoms with Crippen molar-refractivity contribution in [2.24, 2.45) is 0 Å². The van der Waals surface area contributed by atoms with E-state index in [1.807, 2.05) is 48.7 Å².